The van der Waals surface area contributed by atoms with Crippen LogP contribution in [0.1, 0.15) is 11.5 Å². The van der Waals surface area contributed by atoms with Crippen molar-refractivity contribution in [1.29, 1.82) is 0 Å². The zero-order valence-corrected chi connectivity index (χ0v) is 10.2. The van der Waals surface area contributed by atoms with Crippen LogP contribution in [0.25, 0.3) is 0 Å². The second kappa shape index (κ2) is 5.02. The van der Waals surface area contributed by atoms with Crippen molar-refractivity contribution in [2.45, 2.75) is 5.92 Å². The zero-order chi connectivity index (χ0) is 13.9. The number of non-ortho nitro benzene ring substituents is 1. The average molecular weight is 255 g/mol. The van der Waals surface area contributed by atoms with Gasteiger partial charge in [-0.05, 0) is 5.56 Å². The molecular formula is C15H13NO3. The van der Waals surface area contributed by atoms with Crippen molar-refractivity contribution in [3.63, 3.8) is 0 Å². The summed E-state index contributed by atoms with van der Waals surface area (Å²) >= 11 is 0. The molecule has 19 heavy (non-hydrogen) atoms. The molecule has 4 heteroatoms. The van der Waals surface area contributed by atoms with E-state index < -0.39 is 10.3 Å². The molecule has 0 aromatic heterocycles. The molecule has 1 aromatic rings. The van der Waals surface area contributed by atoms with Crippen LogP contribution >= 0.6 is 0 Å². The first-order valence-corrected chi connectivity index (χ1v) is 5.83. The van der Waals surface area contributed by atoms with Crippen LogP contribution in [0.15, 0.2) is 61.2 Å². The Morgan fingerprint density at radius 3 is 2.47 bits per heavy atom. The summed E-state index contributed by atoms with van der Waals surface area (Å²) < 4.78 is 0. The van der Waals surface area contributed by atoms with Gasteiger partial charge in [-0.3, -0.25) is 10.1 Å². The van der Waals surface area contributed by atoms with Crippen molar-refractivity contribution < 1.29 is 9.72 Å². The molecule has 0 saturated carbocycles. The molecule has 0 amide bonds. The van der Waals surface area contributed by atoms with E-state index in [4.69, 9.17) is 0 Å². The summed E-state index contributed by atoms with van der Waals surface area (Å²) in [5, 5.41) is 10.6. The largest absolute Gasteiger partial charge is 0.302 e. The van der Waals surface area contributed by atoms with E-state index in [2.05, 4.69) is 6.58 Å². The summed E-state index contributed by atoms with van der Waals surface area (Å²) in [6.07, 6.45) is 9.81. The Morgan fingerprint density at radius 1 is 1.26 bits per heavy atom. The number of rotatable bonds is 4. The monoisotopic (exact) mass is 255 g/mol. The molecule has 2 atom stereocenters. The van der Waals surface area contributed by atoms with E-state index in [9.17, 15) is 14.9 Å². The van der Waals surface area contributed by atoms with Crippen LogP contribution in [0.3, 0.4) is 0 Å². The second-order valence-corrected chi connectivity index (χ2v) is 4.39. The molecule has 0 N–H and O–H groups in total. The normalized spacial score (nSPS) is 24.9. The molecule has 4 nitrogen and oxygen atoms in total. The quantitative estimate of drug-likeness (QED) is 0.359. The van der Waals surface area contributed by atoms with Gasteiger partial charge in [0, 0.05) is 18.1 Å². The molecule has 1 aromatic carbocycles. The van der Waals surface area contributed by atoms with Gasteiger partial charge in [0.25, 0.3) is 5.69 Å². The number of carbonyl (C=O) groups excluding carboxylic acids is 1. The summed E-state index contributed by atoms with van der Waals surface area (Å²) in [5.41, 5.74) is 0.0952. The van der Waals surface area contributed by atoms with Gasteiger partial charge in [0.1, 0.15) is 6.29 Å². The molecule has 0 spiro atoms. The molecule has 0 fully saturated rings. The molecule has 1 aliphatic carbocycles. The summed E-state index contributed by atoms with van der Waals surface area (Å²) in [6, 6.07) is 6.24. The lowest BCUT2D eigenvalue weighted by molar-refractivity contribution is -0.384. The van der Waals surface area contributed by atoms with Crippen molar-refractivity contribution in [2.24, 2.45) is 5.41 Å². The highest BCUT2D eigenvalue weighted by molar-refractivity contribution is 5.70. The summed E-state index contributed by atoms with van der Waals surface area (Å²) in [5.74, 6) is -0.187. The fourth-order valence-corrected chi connectivity index (χ4v) is 2.23. The van der Waals surface area contributed by atoms with Gasteiger partial charge in [-0.15, -0.1) is 6.58 Å². The third kappa shape index (κ3) is 2.25. The highest BCUT2D eigenvalue weighted by Gasteiger charge is 2.34. The standard InChI is InChI=1S/C15H13NO3/c1-2-15(11-17)10-4-3-5-14(15)12-6-8-13(9-7-12)16(18)19/h2-11,14H,1H2. The molecule has 0 bridgehead atoms. The Labute approximate surface area is 110 Å². The second-order valence-electron chi connectivity index (χ2n) is 4.39. The Hall–Kier alpha value is -2.49. The highest BCUT2D eigenvalue weighted by atomic mass is 16.6. The Bertz CT molecular complexity index is 562. The first kappa shape index (κ1) is 13.0. The van der Waals surface area contributed by atoms with E-state index in [1.54, 1.807) is 30.4 Å². The molecule has 0 aliphatic heterocycles. The molecule has 1 aliphatic rings. The number of hydrogen-bond acceptors (Lipinski definition) is 3. The van der Waals surface area contributed by atoms with Crippen LogP contribution < -0.4 is 0 Å². The molecule has 0 heterocycles. The van der Waals surface area contributed by atoms with Gasteiger partial charge in [-0.2, -0.15) is 0 Å². The lowest BCUT2D eigenvalue weighted by Crippen LogP contribution is -2.26. The minimum Gasteiger partial charge on any atom is -0.302 e. The number of nitrogens with zero attached hydrogens (tertiary/aromatic N) is 1. The summed E-state index contributed by atoms with van der Waals surface area (Å²) in [7, 11) is 0. The number of hydrogen-bond donors (Lipinski definition) is 0. The maximum absolute atomic E-state index is 11.4. The highest BCUT2D eigenvalue weighted by Crippen LogP contribution is 2.40. The number of benzene rings is 1. The van der Waals surface area contributed by atoms with Crippen molar-refractivity contribution >= 4 is 12.0 Å². The molecule has 0 radical (unpaired) electrons. The van der Waals surface area contributed by atoms with Crippen LogP contribution in [0, 0.1) is 15.5 Å². The first-order valence-electron chi connectivity index (χ1n) is 5.83. The number of carbonyl (C=O) groups is 1. The lowest BCUT2D eigenvalue weighted by atomic mass is 9.71. The first-order chi connectivity index (χ1) is 9.13. The molecule has 0 saturated heterocycles. The third-order valence-corrected chi connectivity index (χ3v) is 3.36. The Kier molecular flexibility index (Phi) is 3.42. The fraction of sp³-hybridized carbons (Fsp3) is 0.133. The summed E-state index contributed by atoms with van der Waals surface area (Å²) in [6.45, 7) is 3.72. The van der Waals surface area contributed by atoms with Crippen molar-refractivity contribution in [2.75, 3.05) is 0 Å². The van der Waals surface area contributed by atoms with E-state index in [1.165, 1.54) is 12.1 Å². The molecule has 2 unspecified atom stereocenters. The van der Waals surface area contributed by atoms with E-state index in [1.807, 2.05) is 12.2 Å². The number of aldehydes is 1. The molecule has 96 valence electrons. The molecule has 2 rings (SSSR count). The number of allylic oxidation sites excluding steroid dienone is 5. The fourth-order valence-electron chi connectivity index (χ4n) is 2.23. The predicted octanol–water partition coefficient (Wildman–Crippen LogP) is 3.18. The van der Waals surface area contributed by atoms with Gasteiger partial charge < -0.3 is 4.79 Å². The number of nitro benzene ring substituents is 1. The van der Waals surface area contributed by atoms with Gasteiger partial charge in [0.05, 0.1) is 10.3 Å². The van der Waals surface area contributed by atoms with E-state index in [-0.39, 0.29) is 11.6 Å². The van der Waals surface area contributed by atoms with Gasteiger partial charge >= 0.3 is 0 Å². The van der Waals surface area contributed by atoms with Crippen LogP contribution in [0.2, 0.25) is 0 Å². The van der Waals surface area contributed by atoms with Gasteiger partial charge in [-0.1, -0.05) is 42.5 Å². The van der Waals surface area contributed by atoms with Crippen LogP contribution in [0.4, 0.5) is 5.69 Å². The lowest BCUT2D eigenvalue weighted by Gasteiger charge is -2.31. The van der Waals surface area contributed by atoms with E-state index >= 15 is 0 Å². The minimum absolute atomic E-state index is 0.0365. The zero-order valence-electron chi connectivity index (χ0n) is 10.2. The Balaban J connectivity index is 2.42. The van der Waals surface area contributed by atoms with Gasteiger partial charge in [0.2, 0.25) is 0 Å². The maximum Gasteiger partial charge on any atom is 0.269 e. The van der Waals surface area contributed by atoms with Gasteiger partial charge in [-0.25, -0.2) is 0 Å². The predicted molar refractivity (Wildman–Crippen MR) is 72.8 cm³/mol. The Morgan fingerprint density at radius 2 is 1.95 bits per heavy atom. The topological polar surface area (TPSA) is 60.2 Å². The van der Waals surface area contributed by atoms with Crippen LogP contribution in [0.5, 0.6) is 0 Å². The average Bonchev–Trinajstić information content (AvgIpc) is 2.47. The van der Waals surface area contributed by atoms with Crippen LogP contribution in [-0.4, -0.2) is 11.2 Å². The minimum atomic E-state index is -0.787. The SMILES string of the molecule is C=CC1(C=O)C=CC=CC1c1ccc([N+](=O)[O-])cc1. The van der Waals surface area contributed by atoms with E-state index in [0.29, 0.717) is 0 Å². The third-order valence-electron chi connectivity index (χ3n) is 3.36. The smallest absolute Gasteiger partial charge is 0.269 e. The summed E-state index contributed by atoms with van der Waals surface area (Å²) in [4.78, 5) is 21.6. The van der Waals surface area contributed by atoms with Crippen LogP contribution in [-0.2, 0) is 4.79 Å². The van der Waals surface area contributed by atoms with E-state index in [0.717, 1.165) is 11.8 Å². The van der Waals surface area contributed by atoms with Crippen molar-refractivity contribution in [3.05, 3.63) is 76.9 Å². The molecular weight excluding hydrogens is 242 g/mol. The van der Waals surface area contributed by atoms with Crippen molar-refractivity contribution in [3.8, 4) is 0 Å². The maximum atomic E-state index is 11.4. The number of nitro groups is 1. The van der Waals surface area contributed by atoms with Gasteiger partial charge in [0.15, 0.2) is 0 Å². The van der Waals surface area contributed by atoms with Crippen molar-refractivity contribution in [1.82, 2.24) is 0 Å².